The number of hydrogen-bond donors (Lipinski definition) is 0. The number of ether oxygens (including phenoxy) is 2. The van der Waals surface area contributed by atoms with Gasteiger partial charge in [0.05, 0.1) is 18.4 Å². The molecule has 4 nitrogen and oxygen atoms in total. The summed E-state index contributed by atoms with van der Waals surface area (Å²) in [5.74, 6) is 1.74. The molecule has 31 heavy (non-hydrogen) atoms. The summed E-state index contributed by atoms with van der Waals surface area (Å²) >= 11 is 8.06. The monoisotopic (exact) mass is 450 g/mol. The van der Waals surface area contributed by atoms with Gasteiger partial charge in [-0.25, -0.2) is 5.01 Å². The van der Waals surface area contributed by atoms with E-state index < -0.39 is 0 Å². The second-order valence-electron chi connectivity index (χ2n) is 7.53. The average molecular weight is 451 g/mol. The molecule has 0 aliphatic carbocycles. The first-order valence-electron chi connectivity index (χ1n) is 10.4. The minimum atomic E-state index is -0.283. The highest BCUT2D eigenvalue weighted by Gasteiger charge is 2.41. The smallest absolute Gasteiger partial charge is 0.213 e. The molecule has 0 aromatic heterocycles. The van der Waals surface area contributed by atoms with Crippen LogP contribution in [-0.4, -0.2) is 23.6 Å². The van der Waals surface area contributed by atoms with Gasteiger partial charge in [0.15, 0.2) is 0 Å². The largest absolute Gasteiger partial charge is 0.494 e. The Labute approximate surface area is 191 Å². The van der Waals surface area contributed by atoms with E-state index in [2.05, 4.69) is 47.7 Å². The zero-order valence-corrected chi connectivity index (χ0v) is 19.0. The molecule has 0 spiro atoms. The van der Waals surface area contributed by atoms with Crippen molar-refractivity contribution < 1.29 is 9.47 Å². The van der Waals surface area contributed by atoms with E-state index in [9.17, 15) is 0 Å². The Balaban J connectivity index is 1.53. The van der Waals surface area contributed by atoms with Crippen LogP contribution in [0.25, 0.3) is 0 Å². The summed E-state index contributed by atoms with van der Waals surface area (Å²) in [6.45, 7) is 2.64. The van der Waals surface area contributed by atoms with Crippen molar-refractivity contribution in [2.45, 2.75) is 30.5 Å². The predicted molar refractivity (Wildman–Crippen MR) is 126 cm³/mol. The fraction of sp³-hybridized carbons (Fsp3) is 0.240. The van der Waals surface area contributed by atoms with E-state index in [0.29, 0.717) is 11.6 Å². The van der Waals surface area contributed by atoms with Gasteiger partial charge in [-0.3, -0.25) is 0 Å². The Hall–Kier alpha value is -2.63. The predicted octanol–water partition coefficient (Wildman–Crippen LogP) is 6.70. The number of hydrazone groups is 1. The molecule has 2 unspecified atom stereocenters. The summed E-state index contributed by atoms with van der Waals surface area (Å²) < 4.78 is 12.0. The lowest BCUT2D eigenvalue weighted by atomic mass is 9.96. The van der Waals surface area contributed by atoms with Crippen LogP contribution in [0.2, 0.25) is 5.02 Å². The van der Waals surface area contributed by atoms with Crippen molar-refractivity contribution in [3.05, 3.63) is 88.4 Å². The summed E-state index contributed by atoms with van der Waals surface area (Å²) in [5.41, 5.74) is 4.29. The Morgan fingerprint density at radius 3 is 2.58 bits per heavy atom. The Kier molecular flexibility index (Phi) is 5.55. The van der Waals surface area contributed by atoms with Gasteiger partial charge in [0, 0.05) is 27.5 Å². The molecule has 0 radical (unpaired) electrons. The number of fused-ring (bicyclic) bond motifs is 3. The number of halogens is 1. The molecule has 158 valence electrons. The van der Waals surface area contributed by atoms with Crippen molar-refractivity contribution in [2.24, 2.45) is 5.10 Å². The van der Waals surface area contributed by atoms with Crippen LogP contribution < -0.4 is 9.47 Å². The highest BCUT2D eigenvalue weighted by molar-refractivity contribution is 7.98. The van der Waals surface area contributed by atoms with Crippen LogP contribution in [0.4, 0.5) is 0 Å². The molecule has 2 heterocycles. The SMILES string of the molecule is CCOc1ccc(C2=NN3C(C2)c2cc(Cl)ccc2OC3c2ccc(SC)cc2)cc1. The fourth-order valence-electron chi connectivity index (χ4n) is 4.13. The number of hydrogen-bond acceptors (Lipinski definition) is 5. The first kappa shape index (κ1) is 20.3. The van der Waals surface area contributed by atoms with Gasteiger partial charge in [0.1, 0.15) is 11.5 Å². The third-order valence-electron chi connectivity index (χ3n) is 5.65. The number of thioether (sulfide) groups is 1. The van der Waals surface area contributed by atoms with Gasteiger partial charge in [0.25, 0.3) is 0 Å². The van der Waals surface area contributed by atoms with E-state index in [1.54, 1.807) is 11.8 Å². The van der Waals surface area contributed by atoms with Crippen LogP contribution in [-0.2, 0) is 0 Å². The molecular weight excluding hydrogens is 428 g/mol. The topological polar surface area (TPSA) is 34.1 Å². The lowest BCUT2D eigenvalue weighted by Crippen LogP contribution is -2.33. The molecule has 0 saturated heterocycles. The third kappa shape index (κ3) is 3.88. The van der Waals surface area contributed by atoms with Gasteiger partial charge in [-0.05, 0) is 73.3 Å². The Morgan fingerprint density at radius 2 is 1.87 bits per heavy atom. The molecule has 0 amide bonds. The summed E-state index contributed by atoms with van der Waals surface area (Å²) in [5, 5.41) is 7.81. The van der Waals surface area contributed by atoms with E-state index in [-0.39, 0.29) is 12.3 Å². The zero-order valence-electron chi connectivity index (χ0n) is 17.4. The maximum atomic E-state index is 6.43. The number of rotatable bonds is 5. The standard InChI is InChI=1S/C25H23ClN2O2S/c1-3-29-19-9-4-16(5-10-19)22-15-23-21-14-18(26)8-13-24(21)30-25(28(23)27-22)17-6-11-20(31-2)12-7-17/h4-14,23,25H,3,15H2,1-2H3. The van der Waals surface area contributed by atoms with Crippen LogP contribution in [0, 0.1) is 0 Å². The molecule has 3 aromatic rings. The number of nitrogens with zero attached hydrogens (tertiary/aromatic N) is 2. The van der Waals surface area contributed by atoms with Crippen molar-refractivity contribution in [2.75, 3.05) is 12.9 Å². The highest BCUT2D eigenvalue weighted by atomic mass is 35.5. The van der Waals surface area contributed by atoms with Gasteiger partial charge in [0.2, 0.25) is 6.23 Å². The van der Waals surface area contributed by atoms with Crippen molar-refractivity contribution in [1.29, 1.82) is 0 Å². The van der Waals surface area contributed by atoms with E-state index in [1.807, 2.05) is 37.3 Å². The maximum absolute atomic E-state index is 6.43. The van der Waals surface area contributed by atoms with Crippen molar-refractivity contribution in [3.63, 3.8) is 0 Å². The molecule has 5 rings (SSSR count). The van der Waals surface area contributed by atoms with E-state index in [4.69, 9.17) is 26.2 Å². The molecule has 0 bridgehead atoms. The highest BCUT2D eigenvalue weighted by Crippen LogP contribution is 2.48. The minimum absolute atomic E-state index is 0.0780. The second-order valence-corrected chi connectivity index (χ2v) is 8.85. The summed E-state index contributed by atoms with van der Waals surface area (Å²) in [6.07, 6.45) is 2.59. The van der Waals surface area contributed by atoms with Gasteiger partial charge >= 0.3 is 0 Å². The first-order valence-corrected chi connectivity index (χ1v) is 12.0. The molecular formula is C25H23ClN2O2S. The van der Waals surface area contributed by atoms with Crippen molar-refractivity contribution in [3.8, 4) is 11.5 Å². The van der Waals surface area contributed by atoms with E-state index >= 15 is 0 Å². The van der Waals surface area contributed by atoms with E-state index in [1.165, 1.54) is 4.90 Å². The molecule has 3 aromatic carbocycles. The van der Waals surface area contributed by atoms with Crippen LogP contribution >= 0.6 is 23.4 Å². The molecule has 0 N–H and O–H groups in total. The summed E-state index contributed by atoms with van der Waals surface area (Å²) in [6, 6.07) is 22.6. The average Bonchev–Trinajstić information content (AvgIpc) is 3.25. The van der Waals surface area contributed by atoms with Gasteiger partial charge in [-0.1, -0.05) is 23.7 Å². The van der Waals surface area contributed by atoms with Crippen molar-refractivity contribution in [1.82, 2.24) is 5.01 Å². The molecule has 2 aliphatic heterocycles. The lowest BCUT2D eigenvalue weighted by molar-refractivity contribution is -0.0190. The van der Waals surface area contributed by atoms with E-state index in [0.717, 1.165) is 40.3 Å². The van der Waals surface area contributed by atoms with Crippen LogP contribution in [0.5, 0.6) is 11.5 Å². The van der Waals surface area contributed by atoms with Gasteiger partial charge in [-0.2, -0.15) is 5.10 Å². The van der Waals surface area contributed by atoms with Crippen LogP contribution in [0.3, 0.4) is 0 Å². The molecule has 6 heteroatoms. The Bertz CT molecular complexity index is 1120. The Morgan fingerprint density at radius 1 is 1.10 bits per heavy atom. The first-order chi connectivity index (χ1) is 15.2. The van der Waals surface area contributed by atoms with Crippen LogP contribution in [0.15, 0.2) is 76.7 Å². The molecule has 2 aliphatic rings. The summed E-state index contributed by atoms with van der Waals surface area (Å²) in [4.78, 5) is 1.23. The van der Waals surface area contributed by atoms with Gasteiger partial charge in [-0.15, -0.1) is 11.8 Å². The van der Waals surface area contributed by atoms with Crippen LogP contribution in [0.1, 0.15) is 42.3 Å². The number of benzene rings is 3. The second kappa shape index (κ2) is 8.48. The lowest BCUT2D eigenvalue weighted by Gasteiger charge is -2.38. The zero-order chi connectivity index (χ0) is 21.4. The fourth-order valence-corrected chi connectivity index (χ4v) is 4.72. The summed E-state index contributed by atoms with van der Waals surface area (Å²) in [7, 11) is 0. The quantitative estimate of drug-likeness (QED) is 0.405. The van der Waals surface area contributed by atoms with Gasteiger partial charge < -0.3 is 9.47 Å². The molecule has 0 fully saturated rings. The third-order valence-corrected chi connectivity index (χ3v) is 6.63. The van der Waals surface area contributed by atoms with Crippen molar-refractivity contribution >= 4 is 29.1 Å². The minimum Gasteiger partial charge on any atom is -0.494 e. The molecule has 2 atom stereocenters. The maximum Gasteiger partial charge on any atom is 0.213 e. The normalized spacial score (nSPS) is 19.3. The molecule has 0 saturated carbocycles.